The summed E-state index contributed by atoms with van der Waals surface area (Å²) in [4.78, 5) is 16.0. The van der Waals surface area contributed by atoms with Crippen molar-refractivity contribution < 1.29 is 13.2 Å². The van der Waals surface area contributed by atoms with Gasteiger partial charge in [0.25, 0.3) is 5.91 Å². The number of carbonyl (C=O) groups is 1. The molecule has 0 spiro atoms. The molecule has 1 aliphatic heterocycles. The van der Waals surface area contributed by atoms with Crippen molar-refractivity contribution in [2.45, 2.75) is 73.6 Å². The second-order valence-electron chi connectivity index (χ2n) is 7.52. The Bertz CT molecular complexity index is 750. The maximum atomic E-state index is 13.1. The SMILES string of the molecule is CSc1ccc(S(=O)(=O)NC2CCCCC2)cc1C(=O)N1CCCCCC1. The fraction of sp³-hybridized carbons (Fsp3) is 0.650. The van der Waals surface area contributed by atoms with Gasteiger partial charge in [0.15, 0.2) is 0 Å². The number of hydrogen-bond donors (Lipinski definition) is 1. The van der Waals surface area contributed by atoms with E-state index in [1.165, 1.54) is 18.2 Å². The van der Waals surface area contributed by atoms with Gasteiger partial charge in [-0.2, -0.15) is 0 Å². The second kappa shape index (κ2) is 9.43. The zero-order valence-corrected chi connectivity index (χ0v) is 17.7. The molecule has 3 rings (SSSR count). The predicted octanol–water partition coefficient (Wildman–Crippen LogP) is 4.04. The lowest BCUT2D eigenvalue weighted by molar-refractivity contribution is 0.0758. The van der Waals surface area contributed by atoms with Crippen molar-refractivity contribution in [3.05, 3.63) is 23.8 Å². The van der Waals surface area contributed by atoms with Gasteiger partial charge in [0.2, 0.25) is 10.0 Å². The van der Waals surface area contributed by atoms with Crippen LogP contribution in [0.5, 0.6) is 0 Å². The highest BCUT2D eigenvalue weighted by Gasteiger charge is 2.25. The van der Waals surface area contributed by atoms with Crippen LogP contribution < -0.4 is 4.72 Å². The highest BCUT2D eigenvalue weighted by Crippen LogP contribution is 2.27. The summed E-state index contributed by atoms with van der Waals surface area (Å²) in [5.74, 6) is -0.0454. The van der Waals surface area contributed by atoms with Gasteiger partial charge < -0.3 is 4.90 Å². The summed E-state index contributed by atoms with van der Waals surface area (Å²) >= 11 is 1.49. The van der Waals surface area contributed by atoms with Crippen molar-refractivity contribution in [2.75, 3.05) is 19.3 Å². The molecule has 1 heterocycles. The largest absolute Gasteiger partial charge is 0.339 e. The Morgan fingerprint density at radius 2 is 1.67 bits per heavy atom. The lowest BCUT2D eigenvalue weighted by Crippen LogP contribution is -2.36. The minimum Gasteiger partial charge on any atom is -0.339 e. The molecule has 2 aliphatic rings. The van der Waals surface area contributed by atoms with Crippen LogP contribution >= 0.6 is 11.8 Å². The zero-order chi connectivity index (χ0) is 19.3. The summed E-state index contributed by atoms with van der Waals surface area (Å²) in [5, 5.41) is 0. The Kier molecular flexibility index (Phi) is 7.22. The average molecular weight is 411 g/mol. The normalized spacial score (nSPS) is 19.7. The van der Waals surface area contributed by atoms with Gasteiger partial charge in [-0.05, 0) is 50.1 Å². The van der Waals surface area contributed by atoms with E-state index in [0.29, 0.717) is 5.56 Å². The molecule has 5 nitrogen and oxygen atoms in total. The Labute approximate surface area is 167 Å². The first-order valence-electron chi connectivity index (χ1n) is 10.0. The number of carbonyl (C=O) groups excluding carboxylic acids is 1. The van der Waals surface area contributed by atoms with E-state index in [1.807, 2.05) is 11.2 Å². The van der Waals surface area contributed by atoms with Crippen LogP contribution in [-0.2, 0) is 10.0 Å². The Morgan fingerprint density at radius 1 is 1.04 bits per heavy atom. The zero-order valence-electron chi connectivity index (χ0n) is 16.1. The lowest BCUT2D eigenvalue weighted by atomic mass is 9.96. The van der Waals surface area contributed by atoms with Gasteiger partial charge in [-0.1, -0.05) is 32.1 Å². The third-order valence-electron chi connectivity index (χ3n) is 5.53. The first-order valence-corrected chi connectivity index (χ1v) is 12.7. The molecule has 0 unspecified atom stereocenters. The number of benzene rings is 1. The molecule has 1 N–H and O–H groups in total. The van der Waals surface area contributed by atoms with Gasteiger partial charge in [0.1, 0.15) is 0 Å². The maximum absolute atomic E-state index is 13.1. The molecular weight excluding hydrogens is 380 g/mol. The molecule has 0 atom stereocenters. The van der Waals surface area contributed by atoms with Crippen LogP contribution in [0.25, 0.3) is 0 Å². The van der Waals surface area contributed by atoms with Crippen molar-refractivity contribution in [1.82, 2.24) is 9.62 Å². The number of sulfonamides is 1. The number of thioether (sulfide) groups is 1. The molecule has 2 fully saturated rings. The molecule has 1 amide bonds. The van der Waals surface area contributed by atoms with E-state index in [2.05, 4.69) is 4.72 Å². The molecule has 1 saturated carbocycles. The van der Waals surface area contributed by atoms with Crippen LogP contribution in [0.3, 0.4) is 0 Å². The quantitative estimate of drug-likeness (QED) is 0.744. The van der Waals surface area contributed by atoms with Crippen molar-refractivity contribution in [2.24, 2.45) is 0 Å². The fourth-order valence-electron chi connectivity index (χ4n) is 3.97. The van der Waals surface area contributed by atoms with Gasteiger partial charge in [0, 0.05) is 24.0 Å². The van der Waals surface area contributed by atoms with E-state index in [9.17, 15) is 13.2 Å². The number of nitrogens with one attached hydrogen (secondary N) is 1. The fourth-order valence-corrected chi connectivity index (χ4v) is 5.87. The van der Waals surface area contributed by atoms with Crippen molar-refractivity contribution in [3.8, 4) is 0 Å². The molecule has 1 aliphatic carbocycles. The van der Waals surface area contributed by atoms with E-state index in [0.717, 1.165) is 69.4 Å². The van der Waals surface area contributed by atoms with Crippen molar-refractivity contribution >= 4 is 27.7 Å². The van der Waals surface area contributed by atoms with Gasteiger partial charge in [0.05, 0.1) is 10.5 Å². The molecule has 1 aromatic rings. The molecule has 0 bridgehead atoms. The van der Waals surface area contributed by atoms with Crippen LogP contribution in [-0.4, -0.2) is 44.6 Å². The van der Waals surface area contributed by atoms with Crippen LogP contribution in [0.2, 0.25) is 0 Å². The minimum absolute atomic E-state index is 0.00809. The lowest BCUT2D eigenvalue weighted by Gasteiger charge is -2.24. The molecule has 1 aromatic carbocycles. The third-order valence-corrected chi connectivity index (χ3v) is 7.85. The van der Waals surface area contributed by atoms with E-state index < -0.39 is 10.0 Å². The van der Waals surface area contributed by atoms with Crippen molar-refractivity contribution in [1.29, 1.82) is 0 Å². The average Bonchev–Trinajstić information content (AvgIpc) is 2.97. The summed E-state index contributed by atoms with van der Waals surface area (Å²) in [6, 6.07) is 4.97. The monoisotopic (exact) mass is 410 g/mol. The highest BCUT2D eigenvalue weighted by molar-refractivity contribution is 7.98. The molecule has 0 radical (unpaired) electrons. The second-order valence-corrected chi connectivity index (χ2v) is 10.1. The standard InChI is InChI=1S/C20H30N2O3S2/c1-26-19-12-11-17(27(24,25)21-16-9-5-4-6-10-16)15-18(19)20(23)22-13-7-2-3-8-14-22/h11-12,15-16,21H,2-10,13-14H2,1H3. The summed E-state index contributed by atoms with van der Waals surface area (Å²) in [6.07, 6.45) is 11.3. The molecule has 0 aromatic heterocycles. The van der Waals surface area contributed by atoms with E-state index in [1.54, 1.807) is 18.2 Å². The molecule has 27 heavy (non-hydrogen) atoms. The van der Waals surface area contributed by atoms with Crippen LogP contribution in [0.4, 0.5) is 0 Å². The van der Waals surface area contributed by atoms with Gasteiger partial charge in [-0.15, -0.1) is 11.8 Å². The third kappa shape index (κ3) is 5.27. The first-order chi connectivity index (χ1) is 13.0. The predicted molar refractivity (Wildman–Crippen MR) is 110 cm³/mol. The van der Waals surface area contributed by atoms with Crippen LogP contribution in [0.1, 0.15) is 68.1 Å². The van der Waals surface area contributed by atoms with Gasteiger partial charge >= 0.3 is 0 Å². The number of nitrogens with zero attached hydrogens (tertiary/aromatic N) is 1. The highest BCUT2D eigenvalue weighted by atomic mass is 32.2. The van der Waals surface area contributed by atoms with E-state index in [-0.39, 0.29) is 16.8 Å². The van der Waals surface area contributed by atoms with E-state index >= 15 is 0 Å². The minimum atomic E-state index is -3.61. The number of hydrogen-bond acceptors (Lipinski definition) is 4. The Morgan fingerprint density at radius 3 is 2.30 bits per heavy atom. The van der Waals surface area contributed by atoms with Gasteiger partial charge in [-0.3, -0.25) is 4.79 Å². The summed E-state index contributed by atoms with van der Waals surface area (Å²) in [5.41, 5.74) is 0.510. The van der Waals surface area contributed by atoms with E-state index in [4.69, 9.17) is 0 Å². The number of rotatable bonds is 5. The topological polar surface area (TPSA) is 66.5 Å². The molecule has 7 heteroatoms. The van der Waals surface area contributed by atoms with Gasteiger partial charge in [-0.25, -0.2) is 13.1 Å². The maximum Gasteiger partial charge on any atom is 0.255 e. The van der Waals surface area contributed by atoms with Crippen molar-refractivity contribution in [3.63, 3.8) is 0 Å². The molecule has 1 saturated heterocycles. The molecule has 150 valence electrons. The van der Waals surface area contributed by atoms with Crippen LogP contribution in [0, 0.1) is 0 Å². The Hall–Kier alpha value is -1.05. The molecular formula is C20H30N2O3S2. The first kappa shape index (κ1) is 20.7. The smallest absolute Gasteiger partial charge is 0.255 e. The van der Waals surface area contributed by atoms with Crippen LogP contribution in [0.15, 0.2) is 28.0 Å². The summed E-state index contributed by atoms with van der Waals surface area (Å²) in [6.45, 7) is 1.51. The number of likely N-dealkylation sites (tertiary alicyclic amines) is 1. The Balaban J connectivity index is 1.84. The number of amides is 1. The summed E-state index contributed by atoms with van der Waals surface area (Å²) < 4.78 is 28.6. The summed E-state index contributed by atoms with van der Waals surface area (Å²) in [7, 11) is -3.61.